The van der Waals surface area contributed by atoms with Crippen molar-refractivity contribution in [1.29, 1.82) is 0 Å². The molecule has 0 radical (unpaired) electrons. The maximum Gasteiger partial charge on any atom is 0.244 e. The fourth-order valence-corrected chi connectivity index (χ4v) is 2.01. The lowest BCUT2D eigenvalue weighted by atomic mass is 10.1. The molecule has 0 aliphatic rings. The van der Waals surface area contributed by atoms with Crippen LogP contribution in [0.4, 0.5) is 4.39 Å². The molecule has 1 aromatic carbocycles. The molecule has 114 valence electrons. The van der Waals surface area contributed by atoms with E-state index < -0.39 is 17.8 Å². The summed E-state index contributed by atoms with van der Waals surface area (Å²) < 4.78 is 12.9. The van der Waals surface area contributed by atoms with E-state index in [4.69, 9.17) is 5.73 Å². The lowest BCUT2D eigenvalue weighted by Gasteiger charge is -2.16. The minimum Gasteiger partial charge on any atom is -0.368 e. The average molecular weight is 301 g/mol. The van der Waals surface area contributed by atoms with E-state index in [1.165, 1.54) is 24.3 Å². The summed E-state index contributed by atoms with van der Waals surface area (Å²) in [5, 5.41) is 2.57. The van der Waals surface area contributed by atoms with E-state index in [1.807, 2.05) is 12.1 Å². The third kappa shape index (κ3) is 4.37. The number of hydrogen-bond acceptors (Lipinski definition) is 3. The molecule has 0 saturated heterocycles. The van der Waals surface area contributed by atoms with Crippen molar-refractivity contribution in [2.24, 2.45) is 5.73 Å². The van der Waals surface area contributed by atoms with Gasteiger partial charge in [-0.3, -0.25) is 14.6 Å². The molecule has 0 aliphatic carbocycles. The molecule has 0 fully saturated rings. The highest BCUT2D eigenvalue weighted by atomic mass is 19.1. The van der Waals surface area contributed by atoms with Crippen LogP contribution in [0.2, 0.25) is 0 Å². The number of aromatic nitrogens is 1. The number of carbonyl (C=O) groups excluding carboxylic acids is 2. The van der Waals surface area contributed by atoms with Crippen LogP contribution in [-0.4, -0.2) is 16.8 Å². The first kappa shape index (κ1) is 15.6. The molecule has 2 rings (SSSR count). The number of carbonyl (C=O) groups is 2. The second-order valence-electron chi connectivity index (χ2n) is 4.81. The monoisotopic (exact) mass is 301 g/mol. The summed E-state index contributed by atoms with van der Waals surface area (Å²) >= 11 is 0. The Kier molecular flexibility index (Phi) is 5.19. The van der Waals surface area contributed by atoms with Crippen molar-refractivity contribution in [3.63, 3.8) is 0 Å². The highest BCUT2D eigenvalue weighted by Gasteiger charge is 2.20. The Morgan fingerprint density at radius 2 is 1.77 bits per heavy atom. The number of hydrogen-bond donors (Lipinski definition) is 2. The van der Waals surface area contributed by atoms with Crippen LogP contribution in [0, 0.1) is 5.82 Å². The minimum atomic E-state index is -0.967. The number of aryl methyl sites for hydroxylation is 1. The fourth-order valence-electron chi connectivity index (χ4n) is 2.01. The summed E-state index contributed by atoms with van der Waals surface area (Å²) in [6.07, 6.45) is 4.05. The van der Waals surface area contributed by atoms with Crippen molar-refractivity contribution in [2.75, 3.05) is 0 Å². The van der Waals surface area contributed by atoms with Gasteiger partial charge in [0.2, 0.25) is 11.8 Å². The molecule has 0 aliphatic heterocycles. The Morgan fingerprint density at radius 3 is 2.36 bits per heavy atom. The molecule has 1 aromatic heterocycles. The van der Waals surface area contributed by atoms with E-state index in [-0.39, 0.29) is 12.3 Å². The molecular formula is C16H16FN3O2. The maximum absolute atomic E-state index is 12.9. The molecule has 0 saturated carbocycles. The zero-order chi connectivity index (χ0) is 15.9. The molecule has 2 aromatic rings. The number of nitrogens with one attached hydrogen (secondary N) is 1. The van der Waals surface area contributed by atoms with E-state index >= 15 is 0 Å². The number of nitrogens with two attached hydrogens (primary N) is 1. The Labute approximate surface area is 127 Å². The molecule has 3 N–H and O–H groups in total. The lowest BCUT2D eigenvalue weighted by molar-refractivity contribution is -0.127. The molecule has 1 unspecified atom stereocenters. The molecule has 1 atom stereocenters. The van der Waals surface area contributed by atoms with Gasteiger partial charge in [0.1, 0.15) is 11.9 Å². The molecule has 2 amide bonds. The van der Waals surface area contributed by atoms with E-state index in [0.717, 1.165) is 5.56 Å². The number of amides is 2. The van der Waals surface area contributed by atoms with Crippen LogP contribution in [0.25, 0.3) is 0 Å². The number of rotatable bonds is 6. The van der Waals surface area contributed by atoms with Crippen LogP contribution in [0.1, 0.15) is 23.6 Å². The first-order valence-electron chi connectivity index (χ1n) is 6.79. The van der Waals surface area contributed by atoms with Crippen molar-refractivity contribution in [3.05, 3.63) is 65.7 Å². The molecule has 6 heteroatoms. The highest BCUT2D eigenvalue weighted by molar-refractivity contribution is 5.87. The zero-order valence-corrected chi connectivity index (χ0v) is 11.8. The van der Waals surface area contributed by atoms with Gasteiger partial charge in [0, 0.05) is 18.8 Å². The number of pyridine rings is 1. The minimum absolute atomic E-state index is 0.217. The summed E-state index contributed by atoms with van der Waals surface area (Å²) in [5.74, 6) is -1.41. The van der Waals surface area contributed by atoms with E-state index in [0.29, 0.717) is 12.0 Å². The van der Waals surface area contributed by atoms with Gasteiger partial charge < -0.3 is 11.1 Å². The second kappa shape index (κ2) is 7.31. The molecule has 0 bridgehead atoms. The van der Waals surface area contributed by atoms with E-state index in [1.54, 1.807) is 12.4 Å². The standard InChI is InChI=1S/C16H16FN3O2/c17-13-4-2-12(3-5-13)15(16(18)22)20-14(21)6-1-11-7-9-19-10-8-11/h2-5,7-10,15H,1,6H2,(H2,18,22)(H,20,21). The van der Waals surface area contributed by atoms with E-state index in [9.17, 15) is 14.0 Å². The van der Waals surface area contributed by atoms with Gasteiger partial charge in [0.15, 0.2) is 0 Å². The quantitative estimate of drug-likeness (QED) is 0.848. The molecule has 0 spiro atoms. The van der Waals surface area contributed by atoms with Gasteiger partial charge in [-0.25, -0.2) is 4.39 Å². The first-order valence-corrected chi connectivity index (χ1v) is 6.79. The highest BCUT2D eigenvalue weighted by Crippen LogP contribution is 2.14. The van der Waals surface area contributed by atoms with Gasteiger partial charge in [-0.15, -0.1) is 0 Å². The number of primary amides is 1. The third-order valence-electron chi connectivity index (χ3n) is 3.18. The van der Waals surface area contributed by atoms with Gasteiger partial charge >= 0.3 is 0 Å². The smallest absolute Gasteiger partial charge is 0.244 e. The third-order valence-corrected chi connectivity index (χ3v) is 3.18. The van der Waals surface area contributed by atoms with Crippen LogP contribution in [-0.2, 0) is 16.0 Å². The Morgan fingerprint density at radius 1 is 1.14 bits per heavy atom. The fraction of sp³-hybridized carbons (Fsp3) is 0.188. The Balaban J connectivity index is 1.97. The zero-order valence-electron chi connectivity index (χ0n) is 11.8. The molecular weight excluding hydrogens is 285 g/mol. The second-order valence-corrected chi connectivity index (χ2v) is 4.81. The van der Waals surface area contributed by atoms with Gasteiger partial charge in [0.25, 0.3) is 0 Å². The van der Waals surface area contributed by atoms with Crippen molar-refractivity contribution in [3.8, 4) is 0 Å². The van der Waals surface area contributed by atoms with E-state index in [2.05, 4.69) is 10.3 Å². The SMILES string of the molecule is NC(=O)C(NC(=O)CCc1ccncc1)c1ccc(F)cc1. The Bertz CT molecular complexity index is 644. The van der Waals surface area contributed by atoms with Crippen molar-refractivity contribution < 1.29 is 14.0 Å². The summed E-state index contributed by atoms with van der Waals surface area (Å²) in [4.78, 5) is 27.4. The summed E-state index contributed by atoms with van der Waals surface area (Å²) in [5.41, 5.74) is 6.73. The number of benzene rings is 1. The lowest BCUT2D eigenvalue weighted by Crippen LogP contribution is -2.37. The summed E-state index contributed by atoms with van der Waals surface area (Å²) in [6, 6.07) is 7.95. The van der Waals surface area contributed by atoms with Crippen molar-refractivity contribution in [2.45, 2.75) is 18.9 Å². The first-order chi connectivity index (χ1) is 10.6. The largest absolute Gasteiger partial charge is 0.368 e. The number of halogens is 1. The Hall–Kier alpha value is -2.76. The molecule has 1 heterocycles. The summed E-state index contributed by atoms with van der Waals surface area (Å²) in [6.45, 7) is 0. The van der Waals surface area contributed by atoms with Gasteiger partial charge in [0.05, 0.1) is 0 Å². The predicted octanol–water partition coefficient (Wildman–Crippen LogP) is 1.50. The predicted molar refractivity (Wildman–Crippen MR) is 79.0 cm³/mol. The normalized spacial score (nSPS) is 11.7. The van der Waals surface area contributed by atoms with Crippen molar-refractivity contribution in [1.82, 2.24) is 10.3 Å². The van der Waals surface area contributed by atoms with Crippen molar-refractivity contribution >= 4 is 11.8 Å². The average Bonchev–Trinajstić information content (AvgIpc) is 2.52. The van der Waals surface area contributed by atoms with Gasteiger partial charge in [-0.2, -0.15) is 0 Å². The maximum atomic E-state index is 12.9. The van der Waals surface area contributed by atoms with Gasteiger partial charge in [-0.1, -0.05) is 12.1 Å². The molecule has 5 nitrogen and oxygen atoms in total. The van der Waals surface area contributed by atoms with Crippen LogP contribution in [0.5, 0.6) is 0 Å². The number of nitrogens with zero attached hydrogens (tertiary/aromatic N) is 1. The summed E-state index contributed by atoms with van der Waals surface area (Å²) in [7, 11) is 0. The van der Waals surface area contributed by atoms with Gasteiger partial charge in [-0.05, 0) is 41.8 Å². The topological polar surface area (TPSA) is 85.1 Å². The van der Waals surface area contributed by atoms with Crippen LogP contribution in [0.3, 0.4) is 0 Å². The van der Waals surface area contributed by atoms with Crippen LogP contribution < -0.4 is 11.1 Å². The molecule has 22 heavy (non-hydrogen) atoms. The van der Waals surface area contributed by atoms with Crippen LogP contribution >= 0.6 is 0 Å². The van der Waals surface area contributed by atoms with Crippen LogP contribution in [0.15, 0.2) is 48.8 Å².